The summed E-state index contributed by atoms with van der Waals surface area (Å²) < 4.78 is 19.8. The highest BCUT2D eigenvalue weighted by Crippen LogP contribution is 2.60. The number of hydrogen-bond acceptors (Lipinski definition) is 6. The number of nitro groups is 1. The number of rotatable bonds is 3. The van der Waals surface area contributed by atoms with Crippen molar-refractivity contribution < 1.29 is 28.7 Å². The molecule has 8 nitrogen and oxygen atoms in total. The number of aliphatic hydroxyl groups excluding tert-OH is 1. The molecule has 0 radical (unpaired) electrons. The van der Waals surface area contributed by atoms with Crippen LogP contribution in [0.4, 0.5) is 14.9 Å². The van der Waals surface area contributed by atoms with Gasteiger partial charge in [0.1, 0.15) is 22.9 Å². The second-order valence-corrected chi connectivity index (χ2v) is 10.8. The minimum absolute atomic E-state index is 0.0460. The number of imide groups is 1. The molecule has 2 aliphatic rings. The third-order valence-electron chi connectivity index (χ3n) is 7.24. The van der Waals surface area contributed by atoms with Gasteiger partial charge in [0.15, 0.2) is 0 Å². The van der Waals surface area contributed by atoms with Crippen LogP contribution in [0.1, 0.15) is 60.6 Å². The van der Waals surface area contributed by atoms with E-state index in [1.54, 1.807) is 69.3 Å². The molecule has 0 spiro atoms. The maximum absolute atomic E-state index is 14.7. The second-order valence-electron chi connectivity index (χ2n) is 10.8. The predicted molar refractivity (Wildman–Crippen MR) is 137 cm³/mol. The predicted octanol–water partition coefficient (Wildman–Crippen LogP) is 5.18. The Kier molecular flexibility index (Phi) is 5.87. The van der Waals surface area contributed by atoms with E-state index < -0.39 is 51.8 Å². The lowest BCUT2D eigenvalue weighted by Gasteiger charge is -2.36. The number of hydrogen-bond donors (Lipinski definition) is 1. The third kappa shape index (κ3) is 3.68. The minimum atomic E-state index is -1.79. The van der Waals surface area contributed by atoms with Crippen molar-refractivity contribution in [3.63, 3.8) is 0 Å². The highest BCUT2D eigenvalue weighted by atomic mass is 19.1. The van der Waals surface area contributed by atoms with Crippen molar-refractivity contribution in [3.05, 3.63) is 110 Å². The number of amides is 2. The van der Waals surface area contributed by atoms with E-state index in [1.165, 1.54) is 6.07 Å². The monoisotopic (exact) mass is 518 g/mol. The summed E-state index contributed by atoms with van der Waals surface area (Å²) >= 11 is 0. The number of nitrogens with zero attached hydrogens (tertiary/aromatic N) is 2. The zero-order chi connectivity index (χ0) is 27.6. The number of anilines is 1. The maximum Gasteiger partial charge on any atom is 0.421 e. The van der Waals surface area contributed by atoms with Gasteiger partial charge in [-0.3, -0.25) is 14.9 Å². The lowest BCUT2D eigenvalue weighted by Crippen LogP contribution is -2.51. The van der Waals surface area contributed by atoms with Gasteiger partial charge in [-0.1, -0.05) is 54.1 Å². The molecule has 1 aliphatic heterocycles. The molecule has 0 unspecified atom stereocenters. The fourth-order valence-electron chi connectivity index (χ4n) is 5.87. The fourth-order valence-corrected chi connectivity index (χ4v) is 5.87. The van der Waals surface area contributed by atoms with Gasteiger partial charge in [0.25, 0.3) is 11.9 Å². The van der Waals surface area contributed by atoms with E-state index in [9.17, 15) is 29.2 Å². The van der Waals surface area contributed by atoms with Gasteiger partial charge in [0.2, 0.25) is 0 Å². The summed E-state index contributed by atoms with van der Waals surface area (Å²) in [6, 6.07) is 15.5. The van der Waals surface area contributed by atoms with Crippen molar-refractivity contribution in [1.82, 2.24) is 0 Å². The first kappa shape index (κ1) is 25.5. The number of carbonyl (C=O) groups excluding carboxylic acids is 2. The van der Waals surface area contributed by atoms with Gasteiger partial charge in [-0.05, 0) is 68.1 Å². The Hall–Kier alpha value is -4.11. The Morgan fingerprint density at radius 3 is 2.39 bits per heavy atom. The van der Waals surface area contributed by atoms with Crippen molar-refractivity contribution in [2.75, 3.05) is 4.90 Å². The Balaban J connectivity index is 1.88. The highest BCUT2D eigenvalue weighted by molar-refractivity contribution is 6.23. The average molecular weight is 519 g/mol. The lowest BCUT2D eigenvalue weighted by atomic mass is 9.63. The molecule has 5 rings (SSSR count). The molecule has 0 saturated carbocycles. The van der Waals surface area contributed by atoms with E-state index in [1.807, 2.05) is 6.92 Å². The topological polar surface area (TPSA) is 110 Å². The van der Waals surface area contributed by atoms with Gasteiger partial charge in [-0.15, -0.1) is 0 Å². The van der Waals surface area contributed by atoms with Gasteiger partial charge in [-0.25, -0.2) is 14.1 Å². The number of aliphatic hydroxyl groups is 1. The lowest BCUT2D eigenvalue weighted by molar-refractivity contribution is -0.538. The zero-order valence-corrected chi connectivity index (χ0v) is 21.3. The summed E-state index contributed by atoms with van der Waals surface area (Å²) in [5, 5.41) is 23.7. The molecule has 1 heterocycles. The van der Waals surface area contributed by atoms with Crippen molar-refractivity contribution in [2.45, 2.75) is 56.8 Å². The van der Waals surface area contributed by atoms with E-state index in [4.69, 9.17) is 4.74 Å². The first-order valence-electron chi connectivity index (χ1n) is 12.2. The molecule has 0 aromatic heterocycles. The van der Waals surface area contributed by atoms with Crippen molar-refractivity contribution in [3.8, 4) is 0 Å². The smallest absolute Gasteiger partial charge is 0.421 e. The van der Waals surface area contributed by atoms with Crippen LogP contribution < -0.4 is 4.90 Å². The number of aryl methyl sites for hydroxylation is 1. The normalized spacial score (nSPS) is 24.2. The molecule has 2 amide bonds. The molecular formula is C29H27FN2O6. The number of fused-ring (bicyclic) bond motifs is 2. The molecule has 0 bridgehead atoms. The fraction of sp³-hybridized carbons (Fsp3) is 0.310. The molecule has 38 heavy (non-hydrogen) atoms. The molecule has 3 aromatic rings. The molecule has 3 aromatic carbocycles. The molecular weight excluding hydrogens is 491 g/mol. The Bertz CT molecular complexity index is 1470. The van der Waals surface area contributed by atoms with Crippen LogP contribution in [-0.4, -0.2) is 33.7 Å². The summed E-state index contributed by atoms with van der Waals surface area (Å²) in [7, 11) is 0. The van der Waals surface area contributed by atoms with E-state index in [2.05, 4.69) is 0 Å². The van der Waals surface area contributed by atoms with Gasteiger partial charge >= 0.3 is 6.09 Å². The maximum atomic E-state index is 14.7. The van der Waals surface area contributed by atoms with E-state index >= 15 is 0 Å². The number of halogens is 1. The van der Waals surface area contributed by atoms with Crippen molar-refractivity contribution in [1.29, 1.82) is 0 Å². The molecule has 4 atom stereocenters. The Morgan fingerprint density at radius 1 is 1.08 bits per heavy atom. The second kappa shape index (κ2) is 8.73. The first-order valence-corrected chi connectivity index (χ1v) is 12.2. The largest absolute Gasteiger partial charge is 0.443 e. The molecule has 196 valence electrons. The molecule has 9 heteroatoms. The third-order valence-corrected chi connectivity index (χ3v) is 7.24. The zero-order valence-electron chi connectivity index (χ0n) is 21.3. The van der Waals surface area contributed by atoms with Gasteiger partial charge < -0.3 is 9.84 Å². The van der Waals surface area contributed by atoms with E-state index in [0.29, 0.717) is 11.1 Å². The molecule has 0 fully saturated rings. The number of benzene rings is 3. The molecule has 1 N–H and O–H groups in total. The van der Waals surface area contributed by atoms with Crippen LogP contribution >= 0.6 is 0 Å². The first-order chi connectivity index (χ1) is 17.9. The SMILES string of the molecule is Cc1ccc2c(c1)[C@](c1ccccc1)([C@H]1c3ccc(F)cc3[C@@H](O)[C@H]1[N+](=O)[O-])C(=O)N2C(=O)OC(C)(C)C. The van der Waals surface area contributed by atoms with Crippen LogP contribution in [0.15, 0.2) is 66.7 Å². The summed E-state index contributed by atoms with van der Waals surface area (Å²) in [4.78, 5) is 41.0. The molecule has 0 saturated heterocycles. The average Bonchev–Trinajstić information content (AvgIpc) is 3.26. The van der Waals surface area contributed by atoms with Crippen LogP contribution in [-0.2, 0) is 14.9 Å². The Labute approximate surface area is 218 Å². The van der Waals surface area contributed by atoms with Crippen LogP contribution in [0.3, 0.4) is 0 Å². The summed E-state index contributed by atoms with van der Waals surface area (Å²) in [5.74, 6) is -2.66. The number of carbonyl (C=O) groups is 2. The van der Waals surface area contributed by atoms with Gasteiger partial charge in [0, 0.05) is 4.92 Å². The van der Waals surface area contributed by atoms with Gasteiger partial charge in [-0.2, -0.15) is 0 Å². The van der Waals surface area contributed by atoms with Gasteiger partial charge in [0.05, 0.1) is 11.6 Å². The summed E-state index contributed by atoms with van der Waals surface area (Å²) in [5.41, 5.74) is -0.603. The number of ether oxygens (including phenoxy) is 1. The quantitative estimate of drug-likeness (QED) is 0.378. The van der Waals surface area contributed by atoms with Crippen molar-refractivity contribution >= 4 is 17.7 Å². The van der Waals surface area contributed by atoms with Crippen molar-refractivity contribution in [2.24, 2.45) is 0 Å². The van der Waals surface area contributed by atoms with E-state index in [0.717, 1.165) is 22.6 Å². The van der Waals surface area contributed by atoms with Crippen LogP contribution in [0.25, 0.3) is 0 Å². The standard InChI is InChI=1S/C29H27FN2O6/c1-16-10-13-22-21(14-16)29(17-8-6-5-7-9-17,26(34)31(22)27(35)38-28(2,3)4)23-19-12-11-18(30)15-20(19)25(33)24(23)32(36)37/h5-15,23-25,33H,1-4H3/t23-,24-,25+,29+/m0/s1. The molecule has 1 aliphatic carbocycles. The Morgan fingerprint density at radius 2 is 1.76 bits per heavy atom. The van der Waals surface area contributed by atoms with Crippen LogP contribution in [0.5, 0.6) is 0 Å². The highest BCUT2D eigenvalue weighted by Gasteiger charge is 2.67. The summed E-state index contributed by atoms with van der Waals surface area (Å²) in [6.07, 6.45) is -2.58. The van der Waals surface area contributed by atoms with Crippen LogP contribution in [0.2, 0.25) is 0 Å². The van der Waals surface area contributed by atoms with Crippen LogP contribution in [0, 0.1) is 22.9 Å². The van der Waals surface area contributed by atoms with E-state index in [-0.39, 0.29) is 16.8 Å². The summed E-state index contributed by atoms with van der Waals surface area (Å²) in [6.45, 7) is 6.83. The minimum Gasteiger partial charge on any atom is -0.443 e.